The van der Waals surface area contributed by atoms with Crippen molar-refractivity contribution in [2.75, 3.05) is 26.2 Å². The van der Waals surface area contributed by atoms with Crippen molar-refractivity contribution >= 4 is 16.8 Å². The third kappa shape index (κ3) is 2.29. The number of amides is 1. The third-order valence-electron chi connectivity index (χ3n) is 4.93. The second-order valence-electron chi connectivity index (χ2n) is 6.32. The Morgan fingerprint density at radius 2 is 2.09 bits per heavy atom. The van der Waals surface area contributed by atoms with Gasteiger partial charge in [-0.05, 0) is 44.0 Å². The van der Waals surface area contributed by atoms with E-state index in [9.17, 15) is 9.18 Å². The topological polar surface area (TPSA) is 39.3 Å². The minimum atomic E-state index is -0.286. The summed E-state index contributed by atoms with van der Waals surface area (Å²) in [6.07, 6.45) is 3.41. The molecule has 0 aliphatic carbocycles. The van der Waals surface area contributed by atoms with Crippen LogP contribution in [-0.4, -0.2) is 52.9 Å². The Kier molecular flexibility index (Phi) is 3.37. The minimum absolute atomic E-state index is 0.00986. The normalized spacial score (nSPS) is 22.8. The number of aromatic nitrogens is 1. The molecule has 3 heterocycles. The molecule has 1 aromatic carbocycles. The molecule has 0 spiro atoms. The first kappa shape index (κ1) is 13.8. The molecule has 2 fully saturated rings. The molecule has 2 aliphatic heterocycles. The van der Waals surface area contributed by atoms with Crippen LogP contribution in [0.3, 0.4) is 0 Å². The maximum atomic E-state index is 13.8. The molecular weight excluding hydrogens is 281 g/mol. The first-order chi connectivity index (χ1) is 10.7. The number of carbonyl (C=O) groups is 1. The van der Waals surface area contributed by atoms with Gasteiger partial charge in [-0.15, -0.1) is 0 Å². The third-order valence-corrected chi connectivity index (χ3v) is 4.93. The van der Waals surface area contributed by atoms with E-state index >= 15 is 0 Å². The van der Waals surface area contributed by atoms with E-state index in [1.807, 2.05) is 4.90 Å². The Labute approximate surface area is 128 Å². The minimum Gasteiger partial charge on any atom is -0.350 e. The molecule has 1 N–H and O–H groups in total. The second-order valence-corrected chi connectivity index (χ2v) is 6.32. The van der Waals surface area contributed by atoms with E-state index < -0.39 is 0 Å². The maximum Gasteiger partial charge on any atom is 0.270 e. The number of H-pyrrole nitrogens is 1. The van der Waals surface area contributed by atoms with Gasteiger partial charge in [-0.3, -0.25) is 9.69 Å². The number of fused-ring (bicyclic) bond motifs is 2. The molecule has 22 heavy (non-hydrogen) atoms. The molecule has 2 saturated heterocycles. The highest BCUT2D eigenvalue weighted by Gasteiger charge is 2.31. The first-order valence-corrected chi connectivity index (χ1v) is 8.03. The van der Waals surface area contributed by atoms with Gasteiger partial charge in [0.25, 0.3) is 5.91 Å². The molecule has 0 bridgehead atoms. The summed E-state index contributed by atoms with van der Waals surface area (Å²) in [5, 5.41) is 0.489. The Balaban J connectivity index is 1.60. The van der Waals surface area contributed by atoms with Crippen LogP contribution < -0.4 is 0 Å². The van der Waals surface area contributed by atoms with E-state index in [4.69, 9.17) is 0 Å². The lowest BCUT2D eigenvalue weighted by atomic mass is 10.2. The molecule has 0 saturated carbocycles. The smallest absolute Gasteiger partial charge is 0.270 e. The molecule has 5 heteroatoms. The molecule has 1 aromatic heterocycles. The lowest BCUT2D eigenvalue weighted by Gasteiger charge is -2.25. The molecule has 116 valence electrons. The fourth-order valence-electron chi connectivity index (χ4n) is 3.79. The molecule has 2 aliphatic rings. The van der Waals surface area contributed by atoms with E-state index in [0.29, 0.717) is 22.6 Å². The zero-order chi connectivity index (χ0) is 15.1. The number of halogens is 1. The SMILES string of the molecule is O=C(c1cc2c(F)cccc2[nH]1)N1CCCN2CCC[C@@H]2C1. The average Bonchev–Trinajstić information content (AvgIpc) is 3.09. The van der Waals surface area contributed by atoms with Gasteiger partial charge in [0.05, 0.1) is 0 Å². The largest absolute Gasteiger partial charge is 0.350 e. The van der Waals surface area contributed by atoms with Crippen LogP contribution in [0.25, 0.3) is 10.9 Å². The van der Waals surface area contributed by atoms with Crippen LogP contribution in [0.1, 0.15) is 29.8 Å². The fourth-order valence-corrected chi connectivity index (χ4v) is 3.79. The van der Waals surface area contributed by atoms with Gasteiger partial charge >= 0.3 is 0 Å². The van der Waals surface area contributed by atoms with Gasteiger partial charge in [-0.25, -0.2) is 4.39 Å². The van der Waals surface area contributed by atoms with Crippen LogP contribution in [0, 0.1) is 5.82 Å². The highest BCUT2D eigenvalue weighted by molar-refractivity contribution is 5.98. The monoisotopic (exact) mass is 301 g/mol. The Morgan fingerprint density at radius 3 is 2.95 bits per heavy atom. The van der Waals surface area contributed by atoms with Gasteiger partial charge < -0.3 is 9.88 Å². The van der Waals surface area contributed by atoms with Gasteiger partial charge in [0, 0.05) is 36.6 Å². The van der Waals surface area contributed by atoms with Crippen LogP contribution in [0.2, 0.25) is 0 Å². The van der Waals surface area contributed by atoms with Crippen molar-refractivity contribution in [3.05, 3.63) is 35.8 Å². The van der Waals surface area contributed by atoms with Gasteiger partial charge in [0.15, 0.2) is 0 Å². The van der Waals surface area contributed by atoms with E-state index in [1.165, 1.54) is 18.9 Å². The van der Waals surface area contributed by atoms with Crippen molar-refractivity contribution < 1.29 is 9.18 Å². The molecule has 4 nitrogen and oxygen atoms in total. The summed E-state index contributed by atoms with van der Waals surface area (Å²) < 4.78 is 13.8. The number of nitrogens with zero attached hydrogens (tertiary/aromatic N) is 2. The quantitative estimate of drug-likeness (QED) is 0.879. The number of carbonyl (C=O) groups excluding carboxylic acids is 1. The van der Waals surface area contributed by atoms with Crippen molar-refractivity contribution in [1.29, 1.82) is 0 Å². The molecule has 4 rings (SSSR count). The van der Waals surface area contributed by atoms with E-state index in [0.717, 1.165) is 32.6 Å². The highest BCUT2D eigenvalue weighted by atomic mass is 19.1. The summed E-state index contributed by atoms with van der Waals surface area (Å²) >= 11 is 0. The van der Waals surface area contributed by atoms with Crippen LogP contribution in [0.15, 0.2) is 24.3 Å². The van der Waals surface area contributed by atoms with Gasteiger partial charge in [-0.2, -0.15) is 0 Å². The van der Waals surface area contributed by atoms with E-state index in [-0.39, 0.29) is 11.7 Å². The summed E-state index contributed by atoms with van der Waals surface area (Å²) in [6, 6.07) is 7.02. The van der Waals surface area contributed by atoms with Crippen molar-refractivity contribution in [2.45, 2.75) is 25.3 Å². The van der Waals surface area contributed by atoms with Gasteiger partial charge in [0.1, 0.15) is 11.5 Å². The average molecular weight is 301 g/mol. The predicted octanol–water partition coefficient (Wildman–Crippen LogP) is 2.62. The molecule has 1 atom stereocenters. The summed E-state index contributed by atoms with van der Waals surface area (Å²) in [5.41, 5.74) is 1.17. The fraction of sp³-hybridized carbons (Fsp3) is 0.471. The zero-order valence-electron chi connectivity index (χ0n) is 12.5. The maximum absolute atomic E-state index is 13.8. The van der Waals surface area contributed by atoms with E-state index in [2.05, 4.69) is 9.88 Å². The van der Waals surface area contributed by atoms with Crippen molar-refractivity contribution in [3.63, 3.8) is 0 Å². The molecule has 2 aromatic rings. The summed E-state index contributed by atoms with van der Waals surface area (Å²) in [4.78, 5) is 20.3. The van der Waals surface area contributed by atoms with Crippen molar-refractivity contribution in [1.82, 2.24) is 14.8 Å². The molecular formula is C17H20FN3O. The number of aromatic amines is 1. The van der Waals surface area contributed by atoms with Crippen molar-refractivity contribution in [2.24, 2.45) is 0 Å². The lowest BCUT2D eigenvalue weighted by Crippen LogP contribution is -2.39. The number of hydrogen-bond donors (Lipinski definition) is 1. The number of nitrogens with one attached hydrogen (secondary N) is 1. The Morgan fingerprint density at radius 1 is 1.23 bits per heavy atom. The van der Waals surface area contributed by atoms with Crippen LogP contribution >= 0.6 is 0 Å². The van der Waals surface area contributed by atoms with Crippen molar-refractivity contribution in [3.8, 4) is 0 Å². The summed E-state index contributed by atoms with van der Waals surface area (Å²) in [7, 11) is 0. The zero-order valence-corrected chi connectivity index (χ0v) is 12.5. The van der Waals surface area contributed by atoms with Crippen LogP contribution in [0.4, 0.5) is 4.39 Å². The lowest BCUT2D eigenvalue weighted by molar-refractivity contribution is 0.0738. The standard InChI is InChI=1S/C17H20FN3O/c18-14-5-1-6-15-13(14)10-16(19-15)17(22)21-9-3-8-20-7-2-4-12(20)11-21/h1,5-6,10,12,19H,2-4,7-9,11H2/t12-/m1/s1. The predicted molar refractivity (Wildman–Crippen MR) is 83.4 cm³/mol. The number of rotatable bonds is 1. The summed E-state index contributed by atoms with van der Waals surface area (Å²) in [5.74, 6) is -0.296. The Hall–Kier alpha value is -1.88. The molecule has 1 amide bonds. The highest BCUT2D eigenvalue weighted by Crippen LogP contribution is 2.24. The number of hydrogen-bond acceptors (Lipinski definition) is 2. The van der Waals surface area contributed by atoms with Gasteiger partial charge in [-0.1, -0.05) is 6.07 Å². The molecule has 0 radical (unpaired) electrons. The van der Waals surface area contributed by atoms with Crippen LogP contribution in [-0.2, 0) is 0 Å². The van der Waals surface area contributed by atoms with E-state index in [1.54, 1.807) is 18.2 Å². The first-order valence-electron chi connectivity index (χ1n) is 8.03. The molecule has 0 unspecified atom stereocenters. The van der Waals surface area contributed by atoms with Gasteiger partial charge in [0.2, 0.25) is 0 Å². The second kappa shape index (κ2) is 5.39. The van der Waals surface area contributed by atoms with Crippen LogP contribution in [0.5, 0.6) is 0 Å². The summed E-state index contributed by atoms with van der Waals surface area (Å²) in [6.45, 7) is 3.81. The number of benzene rings is 1. The Bertz CT molecular complexity index is 711.